The van der Waals surface area contributed by atoms with Crippen molar-refractivity contribution in [1.82, 2.24) is 4.72 Å². The fraction of sp³-hybridized carbons (Fsp3) is 0.833. The number of nitrogens with one attached hydrogen (secondary N) is 1. The Morgan fingerprint density at radius 3 is 1.79 bits per heavy atom. The highest BCUT2D eigenvalue weighted by Gasteiger charge is 2.07. The van der Waals surface area contributed by atoms with E-state index < -0.39 is 16.1 Å². The van der Waals surface area contributed by atoms with Gasteiger partial charge in [0.25, 0.3) is 10.2 Å². The number of rotatable bonds is 16. The molecule has 0 aliphatic heterocycles. The molecule has 0 spiro atoms. The molecule has 3 N–H and O–H groups in total. The summed E-state index contributed by atoms with van der Waals surface area (Å²) < 4.78 is 23.1. The van der Waals surface area contributed by atoms with Gasteiger partial charge in [-0.15, -0.1) is 0 Å². The second-order valence-electron chi connectivity index (χ2n) is 6.40. The summed E-state index contributed by atoms with van der Waals surface area (Å²) in [6.45, 7) is 2.24. The third-order valence-corrected chi connectivity index (χ3v) is 4.43. The minimum absolute atomic E-state index is 0.217. The van der Waals surface area contributed by atoms with Gasteiger partial charge >= 0.3 is 0 Å². The fourth-order valence-corrected chi connectivity index (χ4v) is 2.99. The van der Waals surface area contributed by atoms with Gasteiger partial charge in [-0.1, -0.05) is 70.4 Å². The first-order valence-corrected chi connectivity index (χ1v) is 11.0. The van der Waals surface area contributed by atoms with Crippen LogP contribution in [0.3, 0.4) is 0 Å². The Kier molecular flexibility index (Phi) is 15.1. The van der Waals surface area contributed by atoms with Crippen LogP contribution >= 0.6 is 0 Å². The topological polar surface area (TPSA) is 89.3 Å². The molecule has 0 atom stereocenters. The summed E-state index contributed by atoms with van der Waals surface area (Å²) >= 11 is 0. The van der Waals surface area contributed by atoms with Crippen LogP contribution in [0, 0.1) is 0 Å². The summed E-state index contributed by atoms with van der Waals surface area (Å²) in [5, 5.41) is 4.73. The van der Waals surface area contributed by atoms with Crippen LogP contribution in [0.4, 0.5) is 0 Å². The quantitative estimate of drug-likeness (QED) is 0.317. The molecule has 0 rings (SSSR count). The second-order valence-corrected chi connectivity index (χ2v) is 7.70. The molecule has 0 fully saturated rings. The van der Waals surface area contributed by atoms with Crippen LogP contribution in [0.2, 0.25) is 0 Å². The fourth-order valence-electron chi connectivity index (χ4n) is 2.57. The Morgan fingerprint density at radius 2 is 1.29 bits per heavy atom. The molecule has 6 heteroatoms. The Bertz CT molecular complexity index is 434. The van der Waals surface area contributed by atoms with E-state index in [-0.39, 0.29) is 6.42 Å². The summed E-state index contributed by atoms with van der Waals surface area (Å²) in [4.78, 5) is 11.2. The van der Waals surface area contributed by atoms with Crippen LogP contribution in [-0.2, 0) is 15.0 Å². The molecule has 0 aliphatic rings. The standard InChI is InChI=1S/C18H36N2O3S/c1-2-3-4-5-6-7-8-9-10-11-12-13-14-15-16-17-18(21)20-24(19,22)23/h9-10H,2-8,11-17H2,1H3,(H,20,21)(H2,19,22,23)/b10-9-. The first kappa shape index (κ1) is 23.1. The molecule has 0 bridgehead atoms. The highest BCUT2D eigenvalue weighted by atomic mass is 32.2. The van der Waals surface area contributed by atoms with Gasteiger partial charge in [0.05, 0.1) is 0 Å². The SMILES string of the molecule is CCCCCCCC/C=C\CCCCCCCC(=O)NS(N)(=O)=O. The van der Waals surface area contributed by atoms with Gasteiger partial charge in [-0.2, -0.15) is 8.42 Å². The van der Waals surface area contributed by atoms with Gasteiger partial charge in [0.2, 0.25) is 5.91 Å². The van der Waals surface area contributed by atoms with Crippen molar-refractivity contribution < 1.29 is 13.2 Å². The molecule has 1 amide bonds. The molecule has 24 heavy (non-hydrogen) atoms. The van der Waals surface area contributed by atoms with Gasteiger partial charge < -0.3 is 0 Å². The molecule has 0 aromatic carbocycles. The molecule has 0 radical (unpaired) electrons. The number of hydrogen-bond acceptors (Lipinski definition) is 3. The van der Waals surface area contributed by atoms with E-state index in [1.807, 2.05) is 0 Å². The van der Waals surface area contributed by atoms with E-state index in [1.165, 1.54) is 51.4 Å². The van der Waals surface area contributed by atoms with Crippen LogP contribution in [0.15, 0.2) is 12.2 Å². The van der Waals surface area contributed by atoms with Gasteiger partial charge in [-0.3, -0.25) is 4.79 Å². The molecular weight excluding hydrogens is 324 g/mol. The van der Waals surface area contributed by atoms with Crippen molar-refractivity contribution in [3.8, 4) is 0 Å². The third-order valence-electron chi connectivity index (χ3n) is 3.92. The van der Waals surface area contributed by atoms with Crippen LogP contribution in [-0.4, -0.2) is 14.3 Å². The van der Waals surface area contributed by atoms with E-state index in [4.69, 9.17) is 5.14 Å². The van der Waals surface area contributed by atoms with E-state index in [1.54, 1.807) is 4.72 Å². The number of hydrogen-bond donors (Lipinski definition) is 2. The molecule has 5 nitrogen and oxygen atoms in total. The lowest BCUT2D eigenvalue weighted by Crippen LogP contribution is -2.35. The average Bonchev–Trinajstić information content (AvgIpc) is 2.49. The average molecular weight is 361 g/mol. The predicted molar refractivity (Wildman–Crippen MR) is 101 cm³/mol. The number of unbranched alkanes of at least 4 members (excludes halogenated alkanes) is 11. The highest BCUT2D eigenvalue weighted by Crippen LogP contribution is 2.09. The van der Waals surface area contributed by atoms with E-state index in [0.717, 1.165) is 25.7 Å². The van der Waals surface area contributed by atoms with Crippen molar-refractivity contribution in [3.05, 3.63) is 12.2 Å². The van der Waals surface area contributed by atoms with Gasteiger partial charge in [-0.25, -0.2) is 9.86 Å². The Hall–Kier alpha value is -0.880. The van der Waals surface area contributed by atoms with Crippen molar-refractivity contribution >= 4 is 16.1 Å². The molecule has 142 valence electrons. The molecular formula is C18H36N2O3S. The second kappa shape index (κ2) is 15.6. The first-order valence-electron chi connectivity index (χ1n) is 9.44. The highest BCUT2D eigenvalue weighted by molar-refractivity contribution is 7.87. The van der Waals surface area contributed by atoms with Gasteiger partial charge in [-0.05, 0) is 32.1 Å². The third kappa shape index (κ3) is 19.2. The summed E-state index contributed by atoms with van der Waals surface area (Å²) in [6, 6.07) is 0. The maximum Gasteiger partial charge on any atom is 0.298 e. The van der Waals surface area contributed by atoms with Crippen LogP contribution in [0.1, 0.15) is 96.8 Å². The predicted octanol–water partition coefficient (Wildman–Crippen LogP) is 4.34. The van der Waals surface area contributed by atoms with E-state index >= 15 is 0 Å². The van der Waals surface area contributed by atoms with E-state index in [0.29, 0.717) is 6.42 Å². The minimum Gasteiger partial charge on any atom is -0.274 e. The molecule has 0 aromatic heterocycles. The monoisotopic (exact) mass is 360 g/mol. The number of amides is 1. The molecule has 0 unspecified atom stereocenters. The smallest absolute Gasteiger partial charge is 0.274 e. The van der Waals surface area contributed by atoms with Crippen molar-refractivity contribution in [1.29, 1.82) is 0 Å². The zero-order chi connectivity index (χ0) is 18.1. The molecule has 0 aromatic rings. The van der Waals surface area contributed by atoms with Crippen molar-refractivity contribution in [3.63, 3.8) is 0 Å². The van der Waals surface area contributed by atoms with E-state index in [9.17, 15) is 13.2 Å². The lowest BCUT2D eigenvalue weighted by Gasteiger charge is -2.02. The Balaban J connectivity index is 3.27. The van der Waals surface area contributed by atoms with Gasteiger partial charge in [0.15, 0.2) is 0 Å². The summed E-state index contributed by atoms with van der Waals surface area (Å²) in [7, 11) is -3.90. The number of allylic oxidation sites excluding steroid dienone is 2. The van der Waals surface area contributed by atoms with Crippen LogP contribution in [0.5, 0.6) is 0 Å². The number of carbonyl (C=O) groups is 1. The molecule has 0 aliphatic carbocycles. The molecule has 0 saturated heterocycles. The Labute approximate surface area is 148 Å². The maximum absolute atomic E-state index is 11.2. The number of nitrogens with two attached hydrogens (primary N) is 1. The van der Waals surface area contributed by atoms with Gasteiger partial charge in [0, 0.05) is 6.42 Å². The maximum atomic E-state index is 11.2. The zero-order valence-electron chi connectivity index (χ0n) is 15.3. The normalized spacial score (nSPS) is 11.9. The largest absolute Gasteiger partial charge is 0.298 e. The van der Waals surface area contributed by atoms with Crippen molar-refractivity contribution in [2.45, 2.75) is 96.8 Å². The van der Waals surface area contributed by atoms with E-state index in [2.05, 4.69) is 19.1 Å². The van der Waals surface area contributed by atoms with Gasteiger partial charge in [0.1, 0.15) is 0 Å². The zero-order valence-corrected chi connectivity index (χ0v) is 16.1. The summed E-state index contributed by atoms with van der Waals surface area (Å²) in [5.74, 6) is -0.518. The van der Waals surface area contributed by atoms with Crippen molar-refractivity contribution in [2.75, 3.05) is 0 Å². The minimum atomic E-state index is -3.90. The summed E-state index contributed by atoms with van der Waals surface area (Å²) in [5.41, 5.74) is 0. The van der Waals surface area contributed by atoms with Crippen molar-refractivity contribution in [2.24, 2.45) is 5.14 Å². The van der Waals surface area contributed by atoms with Crippen LogP contribution in [0.25, 0.3) is 0 Å². The van der Waals surface area contributed by atoms with Crippen LogP contribution < -0.4 is 9.86 Å². The molecule has 0 saturated carbocycles. The lowest BCUT2D eigenvalue weighted by atomic mass is 10.1. The molecule has 0 heterocycles. The summed E-state index contributed by atoms with van der Waals surface area (Å²) in [6.07, 6.45) is 20.3. The lowest BCUT2D eigenvalue weighted by molar-refractivity contribution is -0.119. The Morgan fingerprint density at radius 1 is 0.833 bits per heavy atom. The number of carbonyl (C=O) groups excluding carboxylic acids is 1. The first-order chi connectivity index (χ1) is 11.5.